The van der Waals surface area contributed by atoms with E-state index in [1.807, 2.05) is 0 Å². The van der Waals surface area contributed by atoms with Gasteiger partial charge in [0.15, 0.2) is 16.9 Å². The zero-order valence-electron chi connectivity index (χ0n) is 16.6. The van der Waals surface area contributed by atoms with E-state index in [-0.39, 0.29) is 42.5 Å². The number of ether oxygens (including phenoxy) is 1. The topological polar surface area (TPSA) is 108 Å². The van der Waals surface area contributed by atoms with E-state index in [1.54, 1.807) is 6.92 Å². The number of aryl methyl sites for hydroxylation is 1. The summed E-state index contributed by atoms with van der Waals surface area (Å²) in [5, 5.41) is 9.63. The summed E-state index contributed by atoms with van der Waals surface area (Å²) in [7, 11) is 0.226. The van der Waals surface area contributed by atoms with Crippen LogP contribution in [0.2, 0.25) is 25.7 Å². The maximum Gasteiger partial charge on any atom is 0.332 e. The molecule has 0 spiro atoms. The molecule has 0 aliphatic carbocycles. The lowest BCUT2D eigenvalue weighted by Gasteiger charge is -2.16. The number of aliphatic hydroxyl groups excluding tert-OH is 1. The second-order valence-electron chi connectivity index (χ2n) is 7.76. The highest BCUT2D eigenvalue weighted by Gasteiger charge is 2.21. The molecule has 2 heterocycles. The predicted molar refractivity (Wildman–Crippen MR) is 105 cm³/mol. The average Bonchev–Trinajstić information content (AvgIpc) is 2.98. The fourth-order valence-electron chi connectivity index (χ4n) is 2.64. The summed E-state index contributed by atoms with van der Waals surface area (Å²) in [4.78, 5) is 41.4. The molecule has 0 bridgehead atoms. The number of imidazole rings is 1. The van der Waals surface area contributed by atoms with Gasteiger partial charge in [-0.25, -0.2) is 9.78 Å². The Bertz CT molecular complexity index is 951. The van der Waals surface area contributed by atoms with Gasteiger partial charge in [0.1, 0.15) is 19.2 Å². The van der Waals surface area contributed by atoms with Gasteiger partial charge in [-0.3, -0.25) is 23.3 Å². The number of aromatic nitrogens is 4. The van der Waals surface area contributed by atoms with Crippen LogP contribution in [0.25, 0.3) is 11.2 Å². The monoisotopic (exact) mass is 396 g/mol. The largest absolute Gasteiger partial charge is 0.388 e. The van der Waals surface area contributed by atoms with Crippen molar-refractivity contribution in [2.45, 2.75) is 58.9 Å². The van der Waals surface area contributed by atoms with Gasteiger partial charge in [-0.05, 0) is 6.04 Å². The molecular formula is C17H28N4O5Si. The Kier molecular flexibility index (Phi) is 6.55. The Morgan fingerprint density at radius 1 is 1.22 bits per heavy atom. The Balaban J connectivity index is 2.51. The normalized spacial score (nSPS) is 12.1. The third kappa shape index (κ3) is 4.63. The van der Waals surface area contributed by atoms with E-state index >= 15 is 0 Å². The highest BCUT2D eigenvalue weighted by molar-refractivity contribution is 6.76. The van der Waals surface area contributed by atoms with E-state index < -0.39 is 25.9 Å². The molecule has 150 valence electrons. The zero-order valence-corrected chi connectivity index (χ0v) is 17.6. The predicted octanol–water partition coefficient (Wildman–Crippen LogP) is 0.680. The van der Waals surface area contributed by atoms with Crippen LogP contribution in [-0.2, 0) is 36.5 Å². The first-order chi connectivity index (χ1) is 12.6. The van der Waals surface area contributed by atoms with Gasteiger partial charge in [0.25, 0.3) is 5.56 Å². The van der Waals surface area contributed by atoms with Crippen molar-refractivity contribution in [3.8, 4) is 0 Å². The summed E-state index contributed by atoms with van der Waals surface area (Å²) in [6.45, 7) is 8.29. The number of aliphatic hydroxyl groups is 1. The van der Waals surface area contributed by atoms with Crippen LogP contribution in [-0.4, -0.2) is 44.3 Å². The van der Waals surface area contributed by atoms with E-state index in [4.69, 9.17) is 4.74 Å². The van der Waals surface area contributed by atoms with Crippen molar-refractivity contribution in [2.24, 2.45) is 7.05 Å². The lowest BCUT2D eigenvalue weighted by molar-refractivity contribution is -0.119. The maximum atomic E-state index is 12.9. The van der Waals surface area contributed by atoms with Crippen LogP contribution in [0.15, 0.2) is 9.59 Å². The van der Waals surface area contributed by atoms with Crippen molar-refractivity contribution >= 4 is 25.0 Å². The van der Waals surface area contributed by atoms with Gasteiger partial charge in [-0.15, -0.1) is 0 Å². The smallest absolute Gasteiger partial charge is 0.332 e. The van der Waals surface area contributed by atoms with Gasteiger partial charge in [0, 0.05) is 28.1 Å². The van der Waals surface area contributed by atoms with Gasteiger partial charge in [-0.1, -0.05) is 26.6 Å². The molecule has 27 heavy (non-hydrogen) atoms. The van der Waals surface area contributed by atoms with Crippen LogP contribution in [0.5, 0.6) is 0 Å². The number of carbonyl (C=O) groups is 1. The van der Waals surface area contributed by atoms with Crippen molar-refractivity contribution in [3.05, 3.63) is 26.7 Å². The third-order valence-electron chi connectivity index (χ3n) is 4.40. The van der Waals surface area contributed by atoms with Crippen molar-refractivity contribution < 1.29 is 14.6 Å². The molecule has 0 amide bonds. The number of carbonyl (C=O) groups excluding carboxylic acids is 1. The first kappa shape index (κ1) is 21.3. The van der Waals surface area contributed by atoms with E-state index in [0.717, 1.165) is 10.6 Å². The quantitative estimate of drug-likeness (QED) is 0.493. The molecule has 0 radical (unpaired) electrons. The zero-order chi connectivity index (χ0) is 20.4. The number of Topliss-reactive ketones (excluding diaryl/α,β-unsaturated/α-hetero) is 1. The molecule has 10 heteroatoms. The molecule has 9 nitrogen and oxygen atoms in total. The number of ketones is 1. The van der Waals surface area contributed by atoms with Crippen molar-refractivity contribution in [2.75, 3.05) is 6.61 Å². The lowest BCUT2D eigenvalue weighted by atomic mass is 10.3. The molecule has 2 aromatic rings. The molecule has 0 unspecified atom stereocenters. The van der Waals surface area contributed by atoms with Gasteiger partial charge in [0.2, 0.25) is 0 Å². The Hall–Kier alpha value is -2.04. The number of hydrogen-bond donors (Lipinski definition) is 1. The molecule has 2 aromatic heterocycles. The van der Waals surface area contributed by atoms with Crippen LogP contribution in [0, 0.1) is 0 Å². The molecule has 0 saturated heterocycles. The van der Waals surface area contributed by atoms with Crippen molar-refractivity contribution in [3.63, 3.8) is 0 Å². The number of nitrogens with zero attached hydrogens (tertiary/aromatic N) is 4. The molecule has 0 saturated carbocycles. The molecule has 2 rings (SSSR count). The van der Waals surface area contributed by atoms with E-state index in [2.05, 4.69) is 24.6 Å². The minimum absolute atomic E-state index is 0.0477. The van der Waals surface area contributed by atoms with Crippen molar-refractivity contribution in [1.82, 2.24) is 18.7 Å². The van der Waals surface area contributed by atoms with Crippen molar-refractivity contribution in [1.29, 1.82) is 0 Å². The molecule has 1 N–H and O–H groups in total. The van der Waals surface area contributed by atoms with Crippen LogP contribution in [0.1, 0.15) is 19.2 Å². The van der Waals surface area contributed by atoms with Crippen LogP contribution >= 0.6 is 0 Å². The Labute approximate surface area is 158 Å². The molecule has 0 aliphatic rings. The molecule has 0 aliphatic heterocycles. The Morgan fingerprint density at radius 3 is 2.44 bits per heavy atom. The summed E-state index contributed by atoms with van der Waals surface area (Å²) < 4.78 is 9.33. The molecule has 0 fully saturated rings. The summed E-state index contributed by atoms with van der Waals surface area (Å²) in [5.74, 6) is 0.0260. The van der Waals surface area contributed by atoms with Gasteiger partial charge < -0.3 is 9.84 Å². The standard InChI is InChI=1S/C17H28N4O5Si/c1-6-12(23)9-20-16(24)14-15(19(2)17(20)25)18-13(10-22)21(14)11-26-7-8-27(3,4)5/h22H,6-11H2,1-5H3. The lowest BCUT2D eigenvalue weighted by Crippen LogP contribution is -2.41. The Morgan fingerprint density at radius 2 is 1.89 bits per heavy atom. The number of rotatable bonds is 9. The summed E-state index contributed by atoms with van der Waals surface area (Å²) in [6, 6.07) is 0.960. The number of hydrogen-bond acceptors (Lipinski definition) is 6. The minimum Gasteiger partial charge on any atom is -0.388 e. The first-order valence-corrected chi connectivity index (χ1v) is 12.7. The van der Waals surface area contributed by atoms with Gasteiger partial charge in [0.05, 0.1) is 6.54 Å². The van der Waals surface area contributed by atoms with Gasteiger partial charge >= 0.3 is 5.69 Å². The SMILES string of the molecule is CCC(=O)Cn1c(=O)c2c(nc(CO)n2COCC[Si](C)(C)C)n(C)c1=O. The molecular weight excluding hydrogens is 368 g/mol. The van der Waals surface area contributed by atoms with Crippen LogP contribution < -0.4 is 11.2 Å². The van der Waals surface area contributed by atoms with Crippen LogP contribution in [0.4, 0.5) is 0 Å². The minimum atomic E-state index is -1.26. The van der Waals surface area contributed by atoms with Crippen LogP contribution in [0.3, 0.4) is 0 Å². The maximum absolute atomic E-state index is 12.9. The van der Waals surface area contributed by atoms with Gasteiger partial charge in [-0.2, -0.15) is 0 Å². The van der Waals surface area contributed by atoms with E-state index in [0.29, 0.717) is 6.61 Å². The fourth-order valence-corrected chi connectivity index (χ4v) is 3.39. The first-order valence-electron chi connectivity index (χ1n) is 9.00. The third-order valence-corrected chi connectivity index (χ3v) is 6.10. The summed E-state index contributed by atoms with van der Waals surface area (Å²) in [5.41, 5.74) is -0.889. The molecule has 0 atom stereocenters. The summed E-state index contributed by atoms with van der Waals surface area (Å²) in [6.07, 6.45) is 0.231. The average molecular weight is 397 g/mol. The van der Waals surface area contributed by atoms with E-state index in [1.165, 1.54) is 16.2 Å². The number of fused-ring (bicyclic) bond motifs is 1. The van der Waals surface area contributed by atoms with E-state index in [9.17, 15) is 19.5 Å². The highest BCUT2D eigenvalue weighted by Crippen LogP contribution is 2.13. The molecule has 0 aromatic carbocycles. The second kappa shape index (κ2) is 8.32. The highest BCUT2D eigenvalue weighted by atomic mass is 28.3. The second-order valence-corrected chi connectivity index (χ2v) is 13.4. The summed E-state index contributed by atoms with van der Waals surface area (Å²) >= 11 is 0. The fraction of sp³-hybridized carbons (Fsp3) is 0.647.